The Balaban J connectivity index is 1.68. The lowest BCUT2D eigenvalue weighted by atomic mass is 10.1. The minimum atomic E-state index is -0.0808. The summed E-state index contributed by atoms with van der Waals surface area (Å²) in [5.74, 6) is 1.27. The number of carbonyl (C=O) groups excluding carboxylic acids is 1. The molecule has 2 rings (SSSR count). The molecule has 3 N–H and O–H groups in total. The van der Waals surface area contributed by atoms with Crippen LogP contribution in [0.1, 0.15) is 35.7 Å². The van der Waals surface area contributed by atoms with Crippen LogP contribution in [0.5, 0.6) is 0 Å². The van der Waals surface area contributed by atoms with Crippen LogP contribution in [-0.4, -0.2) is 58.4 Å². The van der Waals surface area contributed by atoms with Gasteiger partial charge in [0.1, 0.15) is 0 Å². The largest absolute Gasteiger partial charge is 0.381 e. The molecule has 0 aliphatic carbocycles. The third-order valence-electron chi connectivity index (χ3n) is 4.34. The van der Waals surface area contributed by atoms with Crippen LogP contribution >= 0.6 is 0 Å². The van der Waals surface area contributed by atoms with Crippen molar-refractivity contribution >= 4 is 11.9 Å². The fourth-order valence-corrected chi connectivity index (χ4v) is 2.76. The van der Waals surface area contributed by atoms with Crippen molar-refractivity contribution in [1.82, 2.24) is 16.0 Å². The minimum absolute atomic E-state index is 0.0808. The average molecular weight is 377 g/mol. The van der Waals surface area contributed by atoms with Gasteiger partial charge in [-0.25, -0.2) is 4.99 Å². The molecular formula is C20H32N4O3. The van der Waals surface area contributed by atoms with Gasteiger partial charge in [0.2, 0.25) is 0 Å². The highest BCUT2D eigenvalue weighted by molar-refractivity contribution is 5.93. The van der Waals surface area contributed by atoms with Gasteiger partial charge in [0.05, 0.1) is 19.8 Å². The Kier molecular flexibility index (Phi) is 9.65. The third-order valence-corrected chi connectivity index (χ3v) is 4.34. The number of nitrogens with zero attached hydrogens (tertiary/aromatic N) is 1. The van der Waals surface area contributed by atoms with E-state index in [9.17, 15) is 4.79 Å². The molecule has 0 saturated carbocycles. The molecule has 0 spiro atoms. The predicted octanol–water partition coefficient (Wildman–Crippen LogP) is 1.54. The van der Waals surface area contributed by atoms with Gasteiger partial charge in [-0.15, -0.1) is 0 Å². The fourth-order valence-electron chi connectivity index (χ4n) is 2.76. The first-order chi connectivity index (χ1) is 13.2. The molecule has 1 amide bonds. The summed E-state index contributed by atoms with van der Waals surface area (Å²) in [6.45, 7) is 7.45. The van der Waals surface area contributed by atoms with Crippen LogP contribution in [0.2, 0.25) is 0 Å². The number of hydrogen-bond acceptors (Lipinski definition) is 4. The first-order valence-corrected chi connectivity index (χ1v) is 9.71. The zero-order valence-corrected chi connectivity index (χ0v) is 16.4. The van der Waals surface area contributed by atoms with Gasteiger partial charge in [-0.1, -0.05) is 12.1 Å². The van der Waals surface area contributed by atoms with Crippen molar-refractivity contribution < 1.29 is 14.3 Å². The number of benzene rings is 1. The molecule has 7 heteroatoms. The molecule has 1 aromatic carbocycles. The smallest absolute Gasteiger partial charge is 0.251 e. The van der Waals surface area contributed by atoms with E-state index in [0.717, 1.165) is 63.9 Å². The summed E-state index contributed by atoms with van der Waals surface area (Å²) in [7, 11) is 1.63. The zero-order valence-electron chi connectivity index (χ0n) is 16.4. The van der Waals surface area contributed by atoms with Crippen molar-refractivity contribution in [2.75, 3.05) is 46.6 Å². The Morgan fingerprint density at radius 3 is 2.78 bits per heavy atom. The van der Waals surface area contributed by atoms with E-state index in [1.807, 2.05) is 31.2 Å². The van der Waals surface area contributed by atoms with Gasteiger partial charge in [0, 0.05) is 44.8 Å². The molecule has 1 heterocycles. The van der Waals surface area contributed by atoms with E-state index in [4.69, 9.17) is 9.47 Å². The third kappa shape index (κ3) is 7.97. The number of nitrogens with one attached hydrogen (secondary N) is 3. The van der Waals surface area contributed by atoms with Gasteiger partial charge in [-0.3, -0.25) is 4.79 Å². The number of guanidine groups is 1. The Labute approximate surface area is 161 Å². The van der Waals surface area contributed by atoms with E-state index in [1.54, 1.807) is 7.05 Å². The van der Waals surface area contributed by atoms with Crippen molar-refractivity contribution in [2.24, 2.45) is 10.9 Å². The summed E-state index contributed by atoms with van der Waals surface area (Å²) in [5, 5.41) is 9.19. The van der Waals surface area contributed by atoms with Gasteiger partial charge in [0.15, 0.2) is 5.96 Å². The van der Waals surface area contributed by atoms with Crippen molar-refractivity contribution in [1.29, 1.82) is 0 Å². The van der Waals surface area contributed by atoms with Crippen molar-refractivity contribution in [2.45, 2.75) is 26.3 Å². The number of hydrogen-bond donors (Lipinski definition) is 3. The van der Waals surface area contributed by atoms with Gasteiger partial charge >= 0.3 is 0 Å². The van der Waals surface area contributed by atoms with Crippen molar-refractivity contribution in [3.8, 4) is 0 Å². The number of ether oxygens (including phenoxy) is 2. The van der Waals surface area contributed by atoms with Gasteiger partial charge < -0.3 is 25.4 Å². The molecule has 1 atom stereocenters. The molecule has 150 valence electrons. The minimum Gasteiger partial charge on any atom is -0.381 e. The highest BCUT2D eigenvalue weighted by atomic mass is 16.5. The first-order valence-electron chi connectivity index (χ1n) is 9.71. The van der Waals surface area contributed by atoms with Crippen LogP contribution in [0, 0.1) is 5.92 Å². The van der Waals surface area contributed by atoms with Gasteiger partial charge in [0.25, 0.3) is 5.91 Å². The molecule has 0 radical (unpaired) electrons. The van der Waals surface area contributed by atoms with Gasteiger partial charge in [-0.05, 0) is 37.5 Å². The van der Waals surface area contributed by atoms with E-state index in [1.165, 1.54) is 0 Å². The summed E-state index contributed by atoms with van der Waals surface area (Å²) in [4.78, 5) is 16.2. The van der Waals surface area contributed by atoms with Crippen LogP contribution in [0.3, 0.4) is 0 Å². The number of carbonyl (C=O) groups is 1. The van der Waals surface area contributed by atoms with Crippen LogP contribution in [0.4, 0.5) is 0 Å². The highest BCUT2D eigenvalue weighted by Crippen LogP contribution is 2.12. The Bertz CT molecular complexity index is 583. The molecule has 27 heavy (non-hydrogen) atoms. The second-order valence-electron chi connectivity index (χ2n) is 6.56. The Hall–Kier alpha value is -2.12. The second-order valence-corrected chi connectivity index (χ2v) is 6.56. The number of rotatable bonds is 10. The van der Waals surface area contributed by atoms with Crippen LogP contribution < -0.4 is 16.0 Å². The van der Waals surface area contributed by atoms with Crippen LogP contribution in [-0.2, 0) is 16.0 Å². The molecule has 1 unspecified atom stereocenters. The van der Waals surface area contributed by atoms with E-state index in [0.29, 0.717) is 18.0 Å². The van der Waals surface area contributed by atoms with Crippen LogP contribution in [0.25, 0.3) is 0 Å². The molecule has 1 fully saturated rings. The summed E-state index contributed by atoms with van der Waals surface area (Å²) in [6.07, 6.45) is 2.04. The summed E-state index contributed by atoms with van der Waals surface area (Å²) in [5.41, 5.74) is 1.71. The normalized spacial score (nSPS) is 17.0. The predicted molar refractivity (Wildman–Crippen MR) is 107 cm³/mol. The molecule has 0 aromatic heterocycles. The summed E-state index contributed by atoms with van der Waals surface area (Å²) < 4.78 is 11.1. The first kappa shape index (κ1) is 21.2. The SMILES string of the molecule is CCNC(=NCc1ccc(C(=O)NC)cc1)NCCCOCC1CCOC1. The van der Waals surface area contributed by atoms with E-state index in [-0.39, 0.29) is 5.91 Å². The molecule has 1 saturated heterocycles. The molecule has 1 aliphatic rings. The quantitative estimate of drug-likeness (QED) is 0.328. The van der Waals surface area contributed by atoms with E-state index >= 15 is 0 Å². The number of aliphatic imine (C=N–C) groups is 1. The lowest BCUT2D eigenvalue weighted by molar-refractivity contribution is 0.0888. The summed E-state index contributed by atoms with van der Waals surface area (Å²) in [6, 6.07) is 7.49. The molecule has 7 nitrogen and oxygen atoms in total. The average Bonchev–Trinajstić information content (AvgIpc) is 3.22. The monoisotopic (exact) mass is 376 g/mol. The van der Waals surface area contributed by atoms with E-state index < -0.39 is 0 Å². The molecule has 1 aliphatic heterocycles. The lowest BCUT2D eigenvalue weighted by Crippen LogP contribution is -2.38. The molecular weight excluding hydrogens is 344 g/mol. The fraction of sp³-hybridized carbons (Fsp3) is 0.600. The number of amides is 1. The van der Waals surface area contributed by atoms with Crippen LogP contribution in [0.15, 0.2) is 29.3 Å². The maximum Gasteiger partial charge on any atom is 0.251 e. The zero-order chi connectivity index (χ0) is 19.3. The lowest BCUT2D eigenvalue weighted by Gasteiger charge is -2.12. The maximum atomic E-state index is 11.6. The standard InChI is InChI=1S/C20H32N4O3/c1-3-22-20(23-10-4-11-26-14-17-9-12-27-15-17)24-13-16-5-7-18(8-6-16)19(25)21-2/h5-8,17H,3-4,9-15H2,1-2H3,(H,21,25)(H2,22,23,24). The van der Waals surface area contributed by atoms with Crippen molar-refractivity contribution in [3.05, 3.63) is 35.4 Å². The molecule has 0 bridgehead atoms. The van der Waals surface area contributed by atoms with Crippen molar-refractivity contribution in [3.63, 3.8) is 0 Å². The second kappa shape index (κ2) is 12.3. The molecule has 1 aromatic rings. The highest BCUT2D eigenvalue weighted by Gasteiger charge is 2.15. The van der Waals surface area contributed by atoms with Gasteiger partial charge in [-0.2, -0.15) is 0 Å². The van der Waals surface area contributed by atoms with E-state index in [2.05, 4.69) is 20.9 Å². The Morgan fingerprint density at radius 1 is 1.30 bits per heavy atom. The summed E-state index contributed by atoms with van der Waals surface area (Å²) >= 11 is 0. The Morgan fingerprint density at radius 2 is 2.11 bits per heavy atom. The maximum absolute atomic E-state index is 11.6. The topological polar surface area (TPSA) is 84.0 Å².